The highest BCUT2D eigenvalue weighted by Gasteiger charge is 2.18. The molecular weight excluding hydrogens is 398 g/mol. The van der Waals surface area contributed by atoms with E-state index in [1.54, 1.807) is 26.4 Å². The summed E-state index contributed by atoms with van der Waals surface area (Å²) in [6, 6.07) is 12.2. The third-order valence-corrected chi connectivity index (χ3v) is 5.60. The van der Waals surface area contributed by atoms with Crippen LogP contribution in [0.25, 0.3) is 22.3 Å². The second-order valence-electron chi connectivity index (χ2n) is 7.62. The Morgan fingerprint density at radius 2 is 1.74 bits per heavy atom. The fourth-order valence-electron chi connectivity index (χ4n) is 3.79. The number of aliphatic hydroxyl groups excluding tert-OH is 1. The van der Waals surface area contributed by atoms with Crippen LogP contribution in [-0.2, 0) is 0 Å². The highest BCUT2D eigenvalue weighted by Crippen LogP contribution is 2.32. The van der Waals surface area contributed by atoms with Crippen molar-refractivity contribution in [2.24, 2.45) is 0 Å². The molecule has 0 radical (unpaired) electrons. The van der Waals surface area contributed by atoms with Gasteiger partial charge in [0.15, 0.2) is 5.43 Å². The fraction of sp³-hybridized carbons (Fsp3) is 0.375. The molecule has 2 heterocycles. The molecule has 1 fully saturated rings. The number of hydrogen-bond acceptors (Lipinski definition) is 7. The third kappa shape index (κ3) is 4.84. The molecule has 0 bridgehead atoms. The van der Waals surface area contributed by atoms with Gasteiger partial charge in [-0.05, 0) is 37.1 Å². The molecule has 2 aromatic carbocycles. The quantitative estimate of drug-likeness (QED) is 0.622. The highest BCUT2D eigenvalue weighted by atomic mass is 16.5. The molecule has 31 heavy (non-hydrogen) atoms. The lowest BCUT2D eigenvalue weighted by Gasteiger charge is -2.29. The van der Waals surface area contributed by atoms with E-state index in [1.807, 2.05) is 24.3 Å². The maximum absolute atomic E-state index is 13.0. The van der Waals surface area contributed by atoms with E-state index >= 15 is 0 Å². The van der Waals surface area contributed by atoms with Gasteiger partial charge in [-0.15, -0.1) is 0 Å². The van der Waals surface area contributed by atoms with Gasteiger partial charge in [-0.2, -0.15) is 0 Å². The summed E-state index contributed by atoms with van der Waals surface area (Å²) in [6.45, 7) is 2.84. The lowest BCUT2D eigenvalue weighted by Crippen LogP contribution is -2.38. The van der Waals surface area contributed by atoms with Crippen molar-refractivity contribution in [3.05, 3.63) is 52.7 Å². The van der Waals surface area contributed by atoms with Crippen LogP contribution in [0.1, 0.15) is 12.8 Å². The average molecular weight is 425 g/mol. The van der Waals surface area contributed by atoms with Crippen LogP contribution in [0, 0.1) is 0 Å². The molecule has 0 atom stereocenters. The lowest BCUT2D eigenvalue weighted by molar-refractivity contribution is 0.0756. The Morgan fingerprint density at radius 3 is 2.42 bits per heavy atom. The normalized spacial score (nSPS) is 15.2. The van der Waals surface area contributed by atoms with E-state index < -0.39 is 0 Å². The van der Waals surface area contributed by atoms with Gasteiger partial charge in [-0.25, -0.2) is 0 Å². The predicted octanol–water partition coefficient (Wildman–Crippen LogP) is 3.31. The number of benzene rings is 2. The van der Waals surface area contributed by atoms with Crippen LogP contribution in [0.5, 0.6) is 17.2 Å². The van der Waals surface area contributed by atoms with Crippen LogP contribution >= 0.6 is 0 Å². The Labute approximate surface area is 180 Å². The van der Waals surface area contributed by atoms with Crippen molar-refractivity contribution in [3.8, 4) is 28.6 Å². The van der Waals surface area contributed by atoms with Gasteiger partial charge in [0, 0.05) is 43.4 Å². The van der Waals surface area contributed by atoms with Crippen LogP contribution in [-0.4, -0.2) is 56.6 Å². The summed E-state index contributed by atoms with van der Waals surface area (Å²) in [5, 5.41) is 10.0. The molecule has 0 saturated carbocycles. The number of piperidine rings is 1. The van der Waals surface area contributed by atoms with E-state index in [9.17, 15) is 9.90 Å². The van der Waals surface area contributed by atoms with Crippen molar-refractivity contribution in [2.45, 2.75) is 18.9 Å². The number of rotatable bonds is 7. The van der Waals surface area contributed by atoms with Gasteiger partial charge in [0.1, 0.15) is 40.6 Å². The standard InChI is InChI=1S/C24H27NO6/c1-28-18-5-3-16(4-6-18)21-15-20(27)24-22(13-19(29-2)14-23(24)31-21)30-12-11-25-9-7-17(26)8-10-25/h3-6,13-15,17,26H,7-12H2,1-2H3. The summed E-state index contributed by atoms with van der Waals surface area (Å²) in [6.07, 6.45) is 1.35. The number of nitrogens with zero attached hydrogens (tertiary/aromatic N) is 1. The number of methoxy groups -OCH3 is 2. The molecule has 0 aliphatic carbocycles. The molecule has 0 spiro atoms. The Balaban J connectivity index is 1.60. The zero-order valence-corrected chi connectivity index (χ0v) is 17.8. The van der Waals surface area contributed by atoms with Gasteiger partial charge in [-0.1, -0.05) is 0 Å². The van der Waals surface area contributed by atoms with E-state index in [0.717, 1.165) is 43.8 Å². The molecule has 1 saturated heterocycles. The molecule has 0 amide bonds. The monoisotopic (exact) mass is 425 g/mol. The van der Waals surface area contributed by atoms with Crippen molar-refractivity contribution >= 4 is 11.0 Å². The maximum Gasteiger partial charge on any atom is 0.197 e. The summed E-state index contributed by atoms with van der Waals surface area (Å²) in [5.41, 5.74) is 1.01. The number of ether oxygens (including phenoxy) is 3. The van der Waals surface area contributed by atoms with Crippen molar-refractivity contribution in [2.75, 3.05) is 40.5 Å². The Hall–Kier alpha value is -3.03. The second-order valence-corrected chi connectivity index (χ2v) is 7.62. The Kier molecular flexibility index (Phi) is 6.44. The molecule has 7 heteroatoms. The minimum atomic E-state index is -0.205. The van der Waals surface area contributed by atoms with Crippen molar-refractivity contribution in [3.63, 3.8) is 0 Å². The molecule has 164 valence electrons. The molecule has 0 unspecified atom stereocenters. The molecule has 1 aliphatic rings. The molecule has 3 aromatic rings. The minimum absolute atomic E-state index is 0.175. The van der Waals surface area contributed by atoms with E-state index in [2.05, 4.69) is 4.90 Å². The summed E-state index contributed by atoms with van der Waals surface area (Å²) < 4.78 is 22.6. The third-order valence-electron chi connectivity index (χ3n) is 5.60. The van der Waals surface area contributed by atoms with E-state index in [0.29, 0.717) is 34.8 Å². The number of likely N-dealkylation sites (tertiary alicyclic amines) is 1. The summed E-state index contributed by atoms with van der Waals surface area (Å²) >= 11 is 0. The number of fused-ring (bicyclic) bond motifs is 1. The van der Waals surface area contributed by atoms with Gasteiger partial charge < -0.3 is 23.7 Å². The van der Waals surface area contributed by atoms with E-state index in [-0.39, 0.29) is 11.5 Å². The highest BCUT2D eigenvalue weighted by molar-refractivity contribution is 5.86. The van der Waals surface area contributed by atoms with Crippen LogP contribution in [0.15, 0.2) is 51.7 Å². The summed E-state index contributed by atoms with van der Waals surface area (Å²) in [4.78, 5) is 15.2. The Morgan fingerprint density at radius 1 is 1.03 bits per heavy atom. The largest absolute Gasteiger partial charge is 0.497 e. The first kappa shape index (κ1) is 21.2. The van der Waals surface area contributed by atoms with Crippen LogP contribution in [0.3, 0.4) is 0 Å². The predicted molar refractivity (Wildman–Crippen MR) is 118 cm³/mol. The second kappa shape index (κ2) is 9.41. The van der Waals surface area contributed by atoms with Gasteiger partial charge in [0.05, 0.1) is 20.3 Å². The van der Waals surface area contributed by atoms with Crippen LogP contribution in [0.4, 0.5) is 0 Å². The van der Waals surface area contributed by atoms with Crippen LogP contribution in [0.2, 0.25) is 0 Å². The van der Waals surface area contributed by atoms with Gasteiger partial charge in [0.2, 0.25) is 0 Å². The summed E-state index contributed by atoms with van der Waals surface area (Å²) in [5.74, 6) is 2.19. The molecule has 7 nitrogen and oxygen atoms in total. The first-order chi connectivity index (χ1) is 15.1. The topological polar surface area (TPSA) is 81.4 Å². The zero-order valence-electron chi connectivity index (χ0n) is 17.8. The van der Waals surface area contributed by atoms with E-state index in [4.69, 9.17) is 18.6 Å². The zero-order chi connectivity index (χ0) is 21.8. The molecule has 1 aliphatic heterocycles. The number of hydrogen-bond donors (Lipinski definition) is 1. The van der Waals surface area contributed by atoms with Gasteiger partial charge >= 0.3 is 0 Å². The first-order valence-electron chi connectivity index (χ1n) is 10.4. The number of aliphatic hydroxyl groups is 1. The molecule has 4 rings (SSSR count). The molecular formula is C24H27NO6. The maximum atomic E-state index is 13.0. The Bertz CT molecular complexity index is 1080. The average Bonchev–Trinajstić information content (AvgIpc) is 2.79. The van der Waals surface area contributed by atoms with Gasteiger partial charge in [-0.3, -0.25) is 9.69 Å². The smallest absolute Gasteiger partial charge is 0.197 e. The van der Waals surface area contributed by atoms with Crippen LogP contribution < -0.4 is 19.6 Å². The van der Waals surface area contributed by atoms with Crippen molar-refractivity contribution in [1.82, 2.24) is 4.90 Å². The molecule has 1 N–H and O–H groups in total. The van der Waals surface area contributed by atoms with E-state index in [1.165, 1.54) is 6.07 Å². The lowest BCUT2D eigenvalue weighted by atomic mass is 10.1. The first-order valence-corrected chi connectivity index (χ1v) is 10.4. The van der Waals surface area contributed by atoms with Crippen molar-refractivity contribution < 1.29 is 23.7 Å². The SMILES string of the molecule is COc1ccc(-c2cc(=O)c3c(OCCN4CCC(O)CC4)cc(OC)cc3o2)cc1. The fourth-order valence-corrected chi connectivity index (χ4v) is 3.79. The summed E-state index contributed by atoms with van der Waals surface area (Å²) in [7, 11) is 3.17. The minimum Gasteiger partial charge on any atom is -0.497 e. The van der Waals surface area contributed by atoms with Crippen molar-refractivity contribution in [1.29, 1.82) is 0 Å². The van der Waals surface area contributed by atoms with Gasteiger partial charge in [0.25, 0.3) is 0 Å². The molecule has 1 aromatic heterocycles.